The van der Waals surface area contributed by atoms with Crippen LogP contribution in [-0.2, 0) is 0 Å². The van der Waals surface area contributed by atoms with Crippen molar-refractivity contribution < 1.29 is 14.3 Å². The van der Waals surface area contributed by atoms with E-state index in [2.05, 4.69) is 10.6 Å². The van der Waals surface area contributed by atoms with Crippen molar-refractivity contribution in [1.82, 2.24) is 10.6 Å². The molecule has 5 nitrogen and oxygen atoms in total. The topological polar surface area (TPSA) is 64.6 Å². The first-order valence-corrected chi connectivity index (χ1v) is 8.66. The van der Waals surface area contributed by atoms with Crippen molar-refractivity contribution >= 4 is 11.7 Å². The van der Waals surface area contributed by atoms with E-state index in [4.69, 9.17) is 5.11 Å². The summed E-state index contributed by atoms with van der Waals surface area (Å²) in [6, 6.07) is 4.92. The number of carbonyl (C=O) groups excluding carboxylic acids is 1. The molecule has 2 rings (SSSR count). The molecule has 2 amide bonds. The molecule has 1 aliphatic rings. The zero-order chi connectivity index (χ0) is 17.5. The Kier molecular flexibility index (Phi) is 6.85. The molecule has 3 N–H and O–H groups in total. The van der Waals surface area contributed by atoms with Crippen molar-refractivity contribution in [2.45, 2.75) is 39.2 Å². The van der Waals surface area contributed by atoms with Gasteiger partial charge in [-0.3, -0.25) is 0 Å². The van der Waals surface area contributed by atoms with Crippen LogP contribution in [0.5, 0.6) is 0 Å². The molecule has 0 radical (unpaired) electrons. The summed E-state index contributed by atoms with van der Waals surface area (Å²) in [6.45, 7) is 6.01. The summed E-state index contributed by atoms with van der Waals surface area (Å²) in [7, 11) is 0. The average Bonchev–Trinajstić information content (AvgIpc) is 2.56. The maximum absolute atomic E-state index is 14.1. The number of aliphatic hydroxyl groups excluding tert-OH is 1. The Hall–Kier alpha value is -1.82. The normalized spacial score (nSPS) is 19.0. The van der Waals surface area contributed by atoms with Gasteiger partial charge in [0.2, 0.25) is 0 Å². The summed E-state index contributed by atoms with van der Waals surface area (Å²) in [5, 5.41) is 14.7. The highest BCUT2D eigenvalue weighted by Gasteiger charge is 2.23. The summed E-state index contributed by atoms with van der Waals surface area (Å²) in [4.78, 5) is 14.0. The average molecular weight is 337 g/mol. The van der Waals surface area contributed by atoms with Crippen molar-refractivity contribution in [3.05, 3.63) is 29.6 Å². The Morgan fingerprint density at radius 1 is 1.50 bits per heavy atom. The fourth-order valence-electron chi connectivity index (χ4n) is 3.00. The number of hydrogen-bond acceptors (Lipinski definition) is 3. The fourth-order valence-corrected chi connectivity index (χ4v) is 3.00. The Bertz CT molecular complexity index is 553. The third-order valence-electron chi connectivity index (χ3n) is 4.43. The van der Waals surface area contributed by atoms with Gasteiger partial charge in [-0.15, -0.1) is 0 Å². The van der Waals surface area contributed by atoms with E-state index in [9.17, 15) is 9.18 Å². The second-order valence-corrected chi connectivity index (χ2v) is 6.71. The van der Waals surface area contributed by atoms with Gasteiger partial charge in [0.05, 0.1) is 5.69 Å². The van der Waals surface area contributed by atoms with Crippen LogP contribution in [0.4, 0.5) is 14.9 Å². The van der Waals surface area contributed by atoms with E-state index in [0.29, 0.717) is 25.2 Å². The van der Waals surface area contributed by atoms with E-state index in [1.54, 1.807) is 6.07 Å². The number of aliphatic hydroxyl groups is 1. The van der Waals surface area contributed by atoms with Crippen LogP contribution in [0.1, 0.15) is 31.7 Å². The molecule has 0 saturated carbocycles. The van der Waals surface area contributed by atoms with E-state index >= 15 is 0 Å². The van der Waals surface area contributed by atoms with Crippen LogP contribution in [0.25, 0.3) is 0 Å². The SMILES string of the molecule is Cc1ccc(F)c(N2CCC[C@@H](NC(=O)NC[C@@H](C)CCO)C2)c1. The molecule has 0 aliphatic carbocycles. The molecule has 134 valence electrons. The standard InChI is InChI=1S/C18H28FN3O2/c1-13-5-6-16(19)17(10-13)22-8-3-4-15(12-22)21-18(24)20-11-14(2)7-9-23/h5-6,10,14-15,23H,3-4,7-9,11-12H2,1-2H3,(H2,20,21,24)/t14-,15+/m0/s1. The predicted octanol–water partition coefficient (Wildman–Crippen LogP) is 2.42. The molecule has 1 saturated heterocycles. The highest BCUT2D eigenvalue weighted by atomic mass is 19.1. The molecule has 24 heavy (non-hydrogen) atoms. The molecule has 6 heteroatoms. The number of hydrogen-bond donors (Lipinski definition) is 3. The number of nitrogens with one attached hydrogen (secondary N) is 2. The Morgan fingerprint density at radius 2 is 2.29 bits per heavy atom. The maximum Gasteiger partial charge on any atom is 0.315 e. The number of halogens is 1. The van der Waals surface area contributed by atoms with Crippen molar-refractivity contribution in [3.8, 4) is 0 Å². The minimum absolute atomic E-state index is 0.00631. The number of benzene rings is 1. The van der Waals surface area contributed by atoms with Crippen LogP contribution >= 0.6 is 0 Å². The van der Waals surface area contributed by atoms with E-state index in [1.165, 1.54) is 6.07 Å². The summed E-state index contributed by atoms with van der Waals surface area (Å²) < 4.78 is 14.1. The van der Waals surface area contributed by atoms with Gasteiger partial charge in [0.25, 0.3) is 0 Å². The third-order valence-corrected chi connectivity index (χ3v) is 4.43. The Morgan fingerprint density at radius 3 is 3.04 bits per heavy atom. The summed E-state index contributed by atoms with van der Waals surface area (Å²) in [6.07, 6.45) is 2.48. The number of piperidine rings is 1. The van der Waals surface area contributed by atoms with Crippen molar-refractivity contribution in [1.29, 1.82) is 0 Å². The van der Waals surface area contributed by atoms with Crippen molar-refractivity contribution in [3.63, 3.8) is 0 Å². The van der Waals surface area contributed by atoms with E-state index in [1.807, 2.05) is 24.8 Å². The molecular formula is C18H28FN3O2. The van der Waals surface area contributed by atoms with E-state index in [-0.39, 0.29) is 30.4 Å². The molecule has 1 aromatic rings. The minimum Gasteiger partial charge on any atom is -0.396 e. The van der Waals surface area contributed by atoms with Crippen LogP contribution in [-0.4, -0.2) is 43.4 Å². The molecule has 0 bridgehead atoms. The largest absolute Gasteiger partial charge is 0.396 e. The Labute approximate surface area is 143 Å². The molecule has 2 atom stereocenters. The van der Waals surface area contributed by atoms with Gasteiger partial charge in [0, 0.05) is 32.3 Å². The molecular weight excluding hydrogens is 309 g/mol. The van der Waals surface area contributed by atoms with Gasteiger partial charge in [-0.1, -0.05) is 13.0 Å². The van der Waals surface area contributed by atoms with Crippen LogP contribution in [0.15, 0.2) is 18.2 Å². The number of anilines is 1. The fraction of sp³-hybridized carbons (Fsp3) is 0.611. The maximum atomic E-state index is 14.1. The zero-order valence-corrected chi connectivity index (χ0v) is 14.5. The van der Waals surface area contributed by atoms with Gasteiger partial charge in [-0.2, -0.15) is 0 Å². The van der Waals surface area contributed by atoms with Gasteiger partial charge in [-0.05, 0) is 49.8 Å². The highest BCUT2D eigenvalue weighted by molar-refractivity contribution is 5.74. The van der Waals surface area contributed by atoms with E-state index < -0.39 is 0 Å². The van der Waals surface area contributed by atoms with Crippen molar-refractivity contribution in [2.24, 2.45) is 5.92 Å². The zero-order valence-electron chi connectivity index (χ0n) is 14.5. The number of carbonyl (C=O) groups is 1. The predicted molar refractivity (Wildman–Crippen MR) is 93.8 cm³/mol. The minimum atomic E-state index is -0.219. The quantitative estimate of drug-likeness (QED) is 0.747. The lowest BCUT2D eigenvalue weighted by atomic mass is 10.0. The molecule has 1 aliphatic heterocycles. The Balaban J connectivity index is 1.86. The van der Waals surface area contributed by atoms with Crippen molar-refractivity contribution in [2.75, 3.05) is 31.1 Å². The first-order chi connectivity index (χ1) is 11.5. The molecule has 0 unspecified atom stereocenters. The highest BCUT2D eigenvalue weighted by Crippen LogP contribution is 2.24. The van der Waals surface area contributed by atoms with Crippen LogP contribution in [0, 0.1) is 18.7 Å². The third kappa shape index (κ3) is 5.37. The second kappa shape index (κ2) is 8.87. The number of aryl methyl sites for hydroxylation is 1. The van der Waals surface area contributed by atoms with Gasteiger partial charge in [0.15, 0.2) is 0 Å². The van der Waals surface area contributed by atoms with Crippen LogP contribution in [0.2, 0.25) is 0 Å². The number of amides is 2. The number of rotatable bonds is 6. The summed E-state index contributed by atoms with van der Waals surface area (Å²) in [5.41, 5.74) is 1.63. The van der Waals surface area contributed by atoms with Gasteiger partial charge < -0.3 is 20.6 Å². The van der Waals surface area contributed by atoms with Crippen LogP contribution in [0.3, 0.4) is 0 Å². The molecule has 1 aromatic carbocycles. The lowest BCUT2D eigenvalue weighted by Crippen LogP contribution is -2.51. The molecule has 1 heterocycles. The first-order valence-electron chi connectivity index (χ1n) is 8.66. The smallest absolute Gasteiger partial charge is 0.315 e. The number of urea groups is 1. The summed E-state index contributed by atoms with van der Waals surface area (Å²) >= 11 is 0. The van der Waals surface area contributed by atoms with Gasteiger partial charge >= 0.3 is 6.03 Å². The second-order valence-electron chi connectivity index (χ2n) is 6.71. The van der Waals surface area contributed by atoms with Gasteiger partial charge in [-0.25, -0.2) is 9.18 Å². The number of nitrogens with zero attached hydrogens (tertiary/aromatic N) is 1. The van der Waals surface area contributed by atoms with E-state index in [0.717, 1.165) is 24.9 Å². The molecule has 1 fully saturated rings. The monoisotopic (exact) mass is 337 g/mol. The summed E-state index contributed by atoms with van der Waals surface area (Å²) in [5.74, 6) is 0.0218. The molecule has 0 aromatic heterocycles. The first kappa shape index (κ1) is 18.5. The lowest BCUT2D eigenvalue weighted by molar-refractivity contribution is 0.229. The van der Waals surface area contributed by atoms with Gasteiger partial charge in [0.1, 0.15) is 5.82 Å². The molecule has 0 spiro atoms. The van der Waals surface area contributed by atoms with Crippen LogP contribution < -0.4 is 15.5 Å². The lowest BCUT2D eigenvalue weighted by Gasteiger charge is -2.35.